The Morgan fingerprint density at radius 1 is 1.31 bits per heavy atom. The highest BCUT2D eigenvalue weighted by atomic mass is 16.6. The maximum absolute atomic E-state index is 11.3. The number of hydrogen-bond donors (Lipinski definition) is 0. The lowest BCUT2D eigenvalue weighted by Crippen LogP contribution is -2.27. The second kappa shape index (κ2) is 4.92. The van der Waals surface area contributed by atoms with Gasteiger partial charge in [0.1, 0.15) is 5.60 Å². The van der Waals surface area contributed by atoms with E-state index in [1.165, 1.54) is 6.20 Å². The Morgan fingerprint density at radius 2 is 2.00 bits per heavy atom. The summed E-state index contributed by atoms with van der Waals surface area (Å²) < 4.78 is 10.2. The van der Waals surface area contributed by atoms with Crippen LogP contribution in [0.3, 0.4) is 0 Å². The highest BCUT2D eigenvalue weighted by Crippen LogP contribution is 2.08. The van der Waals surface area contributed by atoms with Gasteiger partial charge in [-0.15, -0.1) is 0 Å². The maximum Gasteiger partial charge on any atom is 0.344 e. The van der Waals surface area contributed by atoms with E-state index in [1.54, 1.807) is 27.0 Å². The Balaban J connectivity index is 2.40. The van der Waals surface area contributed by atoms with Gasteiger partial charge in [-0.05, 0) is 27.7 Å². The van der Waals surface area contributed by atoms with Gasteiger partial charge in [0.2, 0.25) is 5.88 Å². The smallest absolute Gasteiger partial charge is 0.344 e. The summed E-state index contributed by atoms with van der Waals surface area (Å²) in [5.74, 6) is -0.105. The van der Waals surface area contributed by atoms with E-state index in [0.717, 1.165) is 5.69 Å². The molecule has 0 saturated carbocycles. The van der Waals surface area contributed by atoms with Gasteiger partial charge >= 0.3 is 5.97 Å². The van der Waals surface area contributed by atoms with Crippen molar-refractivity contribution in [2.24, 2.45) is 0 Å². The third-order valence-electron chi connectivity index (χ3n) is 1.52. The Bertz CT molecular complexity index is 354. The van der Waals surface area contributed by atoms with E-state index < -0.39 is 11.6 Å². The number of hydrogen-bond acceptors (Lipinski definition) is 5. The van der Waals surface area contributed by atoms with Crippen molar-refractivity contribution >= 4 is 5.97 Å². The first kappa shape index (κ1) is 12.4. The summed E-state index contributed by atoms with van der Waals surface area (Å²) in [6, 6.07) is 0. The van der Waals surface area contributed by atoms with Crippen LogP contribution in [-0.2, 0) is 9.53 Å². The molecule has 0 saturated heterocycles. The number of carbonyl (C=O) groups is 1. The number of carbonyl (C=O) groups excluding carboxylic acids is 1. The lowest BCUT2D eigenvalue weighted by atomic mass is 10.2. The number of nitrogens with zero attached hydrogens (tertiary/aromatic N) is 2. The third kappa shape index (κ3) is 4.72. The van der Waals surface area contributed by atoms with Crippen molar-refractivity contribution in [1.82, 2.24) is 9.97 Å². The summed E-state index contributed by atoms with van der Waals surface area (Å²) in [7, 11) is 0. The van der Waals surface area contributed by atoms with Crippen LogP contribution >= 0.6 is 0 Å². The molecule has 5 heteroatoms. The van der Waals surface area contributed by atoms with E-state index in [9.17, 15) is 4.79 Å². The average Bonchev–Trinajstić information content (AvgIpc) is 2.14. The van der Waals surface area contributed by atoms with Gasteiger partial charge in [0.15, 0.2) is 6.61 Å². The average molecular weight is 224 g/mol. The fourth-order valence-electron chi connectivity index (χ4n) is 0.959. The third-order valence-corrected chi connectivity index (χ3v) is 1.52. The summed E-state index contributed by atoms with van der Waals surface area (Å²) in [4.78, 5) is 19.2. The zero-order valence-electron chi connectivity index (χ0n) is 9.98. The second-order valence-corrected chi connectivity index (χ2v) is 4.37. The summed E-state index contributed by atoms with van der Waals surface area (Å²) in [6.07, 6.45) is 3.05. The molecule has 0 unspecified atom stereocenters. The minimum absolute atomic E-state index is 0.158. The highest BCUT2D eigenvalue weighted by Gasteiger charge is 2.16. The van der Waals surface area contributed by atoms with Crippen molar-refractivity contribution in [3.63, 3.8) is 0 Å². The Labute approximate surface area is 94.8 Å². The lowest BCUT2D eigenvalue weighted by Gasteiger charge is -2.19. The molecule has 0 radical (unpaired) electrons. The maximum atomic E-state index is 11.3. The minimum Gasteiger partial charge on any atom is -0.465 e. The zero-order valence-corrected chi connectivity index (χ0v) is 9.98. The molecule has 0 spiro atoms. The summed E-state index contributed by atoms with van der Waals surface area (Å²) in [5.41, 5.74) is 0.295. The van der Waals surface area contributed by atoms with Crippen LogP contribution in [0.4, 0.5) is 0 Å². The van der Waals surface area contributed by atoms with Crippen LogP contribution in [-0.4, -0.2) is 28.1 Å². The van der Waals surface area contributed by atoms with E-state index in [-0.39, 0.29) is 6.61 Å². The van der Waals surface area contributed by atoms with E-state index >= 15 is 0 Å². The summed E-state index contributed by atoms with van der Waals surface area (Å²) in [5, 5.41) is 0. The molecule has 0 atom stereocenters. The van der Waals surface area contributed by atoms with Crippen LogP contribution in [0.25, 0.3) is 0 Å². The van der Waals surface area contributed by atoms with E-state index in [1.807, 2.05) is 6.92 Å². The number of ether oxygens (including phenoxy) is 2. The summed E-state index contributed by atoms with van der Waals surface area (Å²) in [6.45, 7) is 7.07. The molecule has 0 bridgehead atoms. The van der Waals surface area contributed by atoms with Crippen LogP contribution in [0.1, 0.15) is 26.5 Å². The number of aryl methyl sites for hydroxylation is 1. The quantitative estimate of drug-likeness (QED) is 0.728. The van der Waals surface area contributed by atoms with Crippen LogP contribution in [0, 0.1) is 6.92 Å². The number of rotatable bonds is 3. The molecule has 0 N–H and O–H groups in total. The van der Waals surface area contributed by atoms with Crippen molar-refractivity contribution in [3.05, 3.63) is 18.1 Å². The molecule has 1 heterocycles. The van der Waals surface area contributed by atoms with Gasteiger partial charge in [-0.3, -0.25) is 4.98 Å². The Morgan fingerprint density at radius 3 is 2.50 bits per heavy atom. The van der Waals surface area contributed by atoms with Gasteiger partial charge in [0.25, 0.3) is 0 Å². The van der Waals surface area contributed by atoms with Crippen LogP contribution < -0.4 is 4.74 Å². The Hall–Kier alpha value is -1.65. The number of esters is 1. The molecule has 0 aromatic carbocycles. The van der Waals surface area contributed by atoms with Crippen molar-refractivity contribution in [2.75, 3.05) is 6.61 Å². The SMILES string of the molecule is Cc1cnc(OCC(=O)OC(C)(C)C)cn1. The summed E-state index contributed by atoms with van der Waals surface area (Å²) >= 11 is 0. The molecular formula is C11H16N2O3. The minimum atomic E-state index is -0.501. The zero-order chi connectivity index (χ0) is 12.2. The molecule has 5 nitrogen and oxygen atoms in total. The molecule has 16 heavy (non-hydrogen) atoms. The fourth-order valence-corrected chi connectivity index (χ4v) is 0.959. The molecule has 0 amide bonds. The van der Waals surface area contributed by atoms with Crippen LogP contribution in [0.2, 0.25) is 0 Å². The van der Waals surface area contributed by atoms with Gasteiger partial charge in [0, 0.05) is 0 Å². The molecule has 88 valence electrons. The topological polar surface area (TPSA) is 61.3 Å². The molecule has 0 aliphatic heterocycles. The van der Waals surface area contributed by atoms with Crippen molar-refractivity contribution < 1.29 is 14.3 Å². The number of aromatic nitrogens is 2. The molecular weight excluding hydrogens is 208 g/mol. The van der Waals surface area contributed by atoms with E-state index in [2.05, 4.69) is 9.97 Å². The van der Waals surface area contributed by atoms with Crippen LogP contribution in [0.5, 0.6) is 5.88 Å². The van der Waals surface area contributed by atoms with E-state index in [4.69, 9.17) is 9.47 Å². The van der Waals surface area contributed by atoms with Gasteiger partial charge in [0.05, 0.1) is 18.1 Å². The first-order valence-electron chi connectivity index (χ1n) is 5.00. The van der Waals surface area contributed by atoms with Gasteiger partial charge < -0.3 is 9.47 Å². The molecule has 0 aliphatic carbocycles. The van der Waals surface area contributed by atoms with Gasteiger partial charge in [-0.2, -0.15) is 0 Å². The molecule has 0 fully saturated rings. The first-order chi connectivity index (χ1) is 7.37. The Kier molecular flexibility index (Phi) is 3.82. The van der Waals surface area contributed by atoms with Gasteiger partial charge in [-0.1, -0.05) is 0 Å². The van der Waals surface area contributed by atoms with E-state index in [0.29, 0.717) is 5.88 Å². The van der Waals surface area contributed by atoms with Crippen molar-refractivity contribution in [1.29, 1.82) is 0 Å². The predicted octanol–water partition coefficient (Wildman–Crippen LogP) is 1.51. The largest absolute Gasteiger partial charge is 0.465 e. The first-order valence-corrected chi connectivity index (χ1v) is 5.00. The fraction of sp³-hybridized carbons (Fsp3) is 0.545. The van der Waals surface area contributed by atoms with Crippen LogP contribution in [0.15, 0.2) is 12.4 Å². The second-order valence-electron chi connectivity index (χ2n) is 4.37. The van der Waals surface area contributed by atoms with Crippen molar-refractivity contribution in [2.45, 2.75) is 33.3 Å². The molecule has 1 aromatic heterocycles. The highest BCUT2D eigenvalue weighted by molar-refractivity contribution is 5.71. The molecule has 0 aliphatic rings. The molecule has 1 aromatic rings. The standard InChI is InChI=1S/C11H16N2O3/c1-8-5-13-9(6-12-8)15-7-10(14)16-11(2,3)4/h5-6H,7H2,1-4H3. The monoisotopic (exact) mass is 224 g/mol. The lowest BCUT2D eigenvalue weighted by molar-refractivity contribution is -0.157. The predicted molar refractivity (Wildman–Crippen MR) is 58.1 cm³/mol. The molecule has 1 rings (SSSR count). The van der Waals surface area contributed by atoms with Gasteiger partial charge in [-0.25, -0.2) is 9.78 Å². The van der Waals surface area contributed by atoms with Crippen molar-refractivity contribution in [3.8, 4) is 5.88 Å². The normalized spacial score (nSPS) is 11.0.